The van der Waals surface area contributed by atoms with Crippen molar-refractivity contribution in [2.75, 3.05) is 48.1 Å². The van der Waals surface area contributed by atoms with Gasteiger partial charge in [0, 0.05) is 36.8 Å². The van der Waals surface area contributed by atoms with E-state index in [1.54, 1.807) is 28.4 Å². The van der Waals surface area contributed by atoms with Gasteiger partial charge in [0.1, 0.15) is 0 Å². The summed E-state index contributed by atoms with van der Waals surface area (Å²) in [6.45, 7) is 2.90. The van der Waals surface area contributed by atoms with Gasteiger partial charge in [-0.2, -0.15) is 0 Å². The standard InChI is InChI=1S/C22H28N2O4.2ClH/c1-25-19-16-12-15-13-23-10-11-24(15)18(14-8-6-5-7-9-14)17(16)20(26-2)22(28-4)21(19)27-3;;/h5-9,15,18,23H,10-13H2,1-4H3;2*1H/t15-,18-;;/m0../s1. The van der Waals surface area contributed by atoms with Crippen molar-refractivity contribution in [3.8, 4) is 23.0 Å². The molecule has 166 valence electrons. The molecule has 30 heavy (non-hydrogen) atoms. The Kier molecular flexibility index (Phi) is 8.50. The molecule has 2 heterocycles. The molecule has 0 spiro atoms. The third-order valence-corrected chi connectivity index (χ3v) is 5.83. The Bertz CT molecular complexity index is 851. The number of methoxy groups -OCH3 is 4. The number of hydrogen-bond donors (Lipinski definition) is 1. The number of piperazine rings is 1. The van der Waals surface area contributed by atoms with Gasteiger partial charge in [-0.3, -0.25) is 4.90 Å². The second kappa shape index (κ2) is 10.4. The predicted molar refractivity (Wildman–Crippen MR) is 122 cm³/mol. The van der Waals surface area contributed by atoms with Crippen molar-refractivity contribution in [2.45, 2.75) is 18.5 Å². The predicted octanol–water partition coefficient (Wildman–Crippen LogP) is 3.48. The third kappa shape index (κ3) is 3.89. The highest BCUT2D eigenvalue weighted by molar-refractivity contribution is 5.85. The summed E-state index contributed by atoms with van der Waals surface area (Å²) in [5.74, 6) is 2.63. The van der Waals surface area contributed by atoms with Gasteiger partial charge < -0.3 is 24.3 Å². The van der Waals surface area contributed by atoms with Crippen LogP contribution in [0.5, 0.6) is 23.0 Å². The number of nitrogens with one attached hydrogen (secondary N) is 1. The fourth-order valence-corrected chi connectivity index (χ4v) is 4.71. The van der Waals surface area contributed by atoms with Crippen LogP contribution in [0.2, 0.25) is 0 Å². The van der Waals surface area contributed by atoms with Crippen molar-refractivity contribution < 1.29 is 18.9 Å². The molecule has 0 unspecified atom stereocenters. The summed E-state index contributed by atoms with van der Waals surface area (Å²) in [7, 11) is 6.65. The van der Waals surface area contributed by atoms with Crippen molar-refractivity contribution in [1.29, 1.82) is 0 Å². The van der Waals surface area contributed by atoms with Crippen molar-refractivity contribution in [3.05, 3.63) is 47.0 Å². The molecule has 0 bridgehead atoms. The number of benzene rings is 2. The first kappa shape index (κ1) is 24.4. The Labute approximate surface area is 190 Å². The monoisotopic (exact) mass is 456 g/mol. The third-order valence-electron chi connectivity index (χ3n) is 5.83. The van der Waals surface area contributed by atoms with Crippen LogP contribution in [-0.2, 0) is 6.42 Å². The second-order valence-corrected chi connectivity index (χ2v) is 7.14. The lowest BCUT2D eigenvalue weighted by molar-refractivity contribution is 0.108. The van der Waals surface area contributed by atoms with E-state index in [4.69, 9.17) is 18.9 Å². The number of fused-ring (bicyclic) bond motifs is 2. The van der Waals surface area contributed by atoms with E-state index >= 15 is 0 Å². The van der Waals surface area contributed by atoms with E-state index in [1.165, 1.54) is 5.56 Å². The first-order valence-electron chi connectivity index (χ1n) is 9.65. The average molecular weight is 457 g/mol. The van der Waals surface area contributed by atoms with Gasteiger partial charge in [0.25, 0.3) is 0 Å². The Morgan fingerprint density at radius 2 is 1.43 bits per heavy atom. The summed E-state index contributed by atoms with van der Waals surface area (Å²) >= 11 is 0. The first-order valence-corrected chi connectivity index (χ1v) is 9.65. The number of halogens is 2. The lowest BCUT2D eigenvalue weighted by Crippen LogP contribution is -2.55. The molecule has 2 aliphatic heterocycles. The molecule has 0 saturated carbocycles. The van der Waals surface area contributed by atoms with E-state index < -0.39 is 0 Å². The summed E-state index contributed by atoms with van der Waals surface area (Å²) in [6, 6.07) is 11.0. The SMILES string of the molecule is COc1c2c(c(OC)c(OC)c1OC)[C@H](c1ccccc1)N1CCNC[C@@H]1C2.Cl.Cl. The van der Waals surface area contributed by atoms with Gasteiger partial charge in [0.05, 0.1) is 34.5 Å². The van der Waals surface area contributed by atoms with E-state index in [0.717, 1.165) is 48.7 Å². The van der Waals surface area contributed by atoms with Crippen LogP contribution in [-0.4, -0.2) is 59.0 Å². The molecule has 1 fully saturated rings. The lowest BCUT2D eigenvalue weighted by atomic mass is 9.82. The second-order valence-electron chi connectivity index (χ2n) is 7.14. The maximum absolute atomic E-state index is 5.91. The molecule has 8 heteroatoms. The Balaban J connectivity index is 0.00000160. The molecule has 4 rings (SSSR count). The molecule has 2 aromatic rings. The maximum Gasteiger partial charge on any atom is 0.207 e. The summed E-state index contributed by atoms with van der Waals surface area (Å²) < 4.78 is 23.2. The fraction of sp³-hybridized carbons (Fsp3) is 0.455. The van der Waals surface area contributed by atoms with Crippen molar-refractivity contribution in [2.24, 2.45) is 0 Å². The van der Waals surface area contributed by atoms with E-state index in [1.807, 2.05) is 0 Å². The van der Waals surface area contributed by atoms with Gasteiger partial charge in [-0.1, -0.05) is 30.3 Å². The van der Waals surface area contributed by atoms with Crippen LogP contribution >= 0.6 is 24.8 Å². The van der Waals surface area contributed by atoms with Crippen molar-refractivity contribution >= 4 is 24.8 Å². The number of hydrogen-bond acceptors (Lipinski definition) is 6. The maximum atomic E-state index is 5.91. The molecule has 2 aromatic carbocycles. The van der Waals surface area contributed by atoms with Gasteiger partial charge in [-0.05, 0) is 12.0 Å². The average Bonchev–Trinajstić information content (AvgIpc) is 2.76. The molecule has 0 aromatic heterocycles. The van der Waals surface area contributed by atoms with Gasteiger partial charge in [-0.25, -0.2) is 0 Å². The zero-order valence-electron chi connectivity index (χ0n) is 17.8. The van der Waals surface area contributed by atoms with Crippen LogP contribution < -0.4 is 24.3 Å². The zero-order chi connectivity index (χ0) is 19.7. The van der Waals surface area contributed by atoms with Gasteiger partial charge in [0.15, 0.2) is 11.5 Å². The van der Waals surface area contributed by atoms with Gasteiger partial charge in [0.2, 0.25) is 11.5 Å². The van der Waals surface area contributed by atoms with Crippen LogP contribution in [0.15, 0.2) is 30.3 Å². The lowest BCUT2D eigenvalue weighted by Gasteiger charge is -2.47. The van der Waals surface area contributed by atoms with E-state index in [0.29, 0.717) is 17.5 Å². The van der Waals surface area contributed by atoms with Crippen LogP contribution in [0.25, 0.3) is 0 Å². The zero-order valence-corrected chi connectivity index (χ0v) is 19.4. The van der Waals surface area contributed by atoms with Gasteiger partial charge in [-0.15, -0.1) is 24.8 Å². The van der Waals surface area contributed by atoms with Crippen LogP contribution in [0.4, 0.5) is 0 Å². The minimum Gasteiger partial charge on any atom is -0.492 e. The summed E-state index contributed by atoms with van der Waals surface area (Å²) in [4.78, 5) is 2.57. The number of rotatable bonds is 5. The highest BCUT2D eigenvalue weighted by Gasteiger charge is 2.42. The molecule has 0 aliphatic carbocycles. The highest BCUT2D eigenvalue weighted by atomic mass is 35.5. The first-order chi connectivity index (χ1) is 13.7. The molecule has 0 radical (unpaired) electrons. The Morgan fingerprint density at radius 1 is 0.833 bits per heavy atom. The smallest absolute Gasteiger partial charge is 0.207 e. The summed E-state index contributed by atoms with van der Waals surface area (Å²) in [5.41, 5.74) is 3.49. The van der Waals surface area contributed by atoms with Crippen molar-refractivity contribution in [3.63, 3.8) is 0 Å². The largest absolute Gasteiger partial charge is 0.492 e. The Hall–Kier alpha value is -1.86. The number of ether oxygens (including phenoxy) is 4. The fourth-order valence-electron chi connectivity index (χ4n) is 4.71. The summed E-state index contributed by atoms with van der Waals surface area (Å²) in [5, 5.41) is 3.53. The summed E-state index contributed by atoms with van der Waals surface area (Å²) in [6.07, 6.45) is 0.867. The molecule has 1 N–H and O–H groups in total. The molecule has 2 aliphatic rings. The topological polar surface area (TPSA) is 52.2 Å². The van der Waals surface area contributed by atoms with Crippen molar-refractivity contribution in [1.82, 2.24) is 10.2 Å². The highest BCUT2D eigenvalue weighted by Crippen LogP contribution is 2.55. The van der Waals surface area contributed by atoms with E-state index in [9.17, 15) is 0 Å². The van der Waals surface area contributed by atoms with Crippen LogP contribution in [0, 0.1) is 0 Å². The molecule has 6 nitrogen and oxygen atoms in total. The number of nitrogens with zero attached hydrogens (tertiary/aromatic N) is 1. The van der Waals surface area contributed by atoms with Crippen LogP contribution in [0.3, 0.4) is 0 Å². The Morgan fingerprint density at radius 3 is 2.03 bits per heavy atom. The molecular weight excluding hydrogens is 427 g/mol. The minimum atomic E-state index is 0. The van der Waals surface area contributed by atoms with E-state index in [-0.39, 0.29) is 30.9 Å². The minimum absolute atomic E-state index is 0. The normalized spacial score (nSPS) is 20.0. The van der Waals surface area contributed by atoms with Crippen LogP contribution in [0.1, 0.15) is 22.7 Å². The molecule has 0 amide bonds. The molecule has 2 atom stereocenters. The molecular formula is C22H30Cl2N2O4. The molecule has 1 saturated heterocycles. The van der Waals surface area contributed by atoms with Gasteiger partial charge >= 0.3 is 0 Å². The quantitative estimate of drug-likeness (QED) is 0.742. The van der Waals surface area contributed by atoms with E-state index in [2.05, 4.69) is 40.5 Å².